The number of Topliss-reactive ketones (excluding diaryl/α,β-unsaturated/α-hetero) is 1. The van der Waals surface area contributed by atoms with Gasteiger partial charge in [-0.15, -0.1) is 0 Å². The third-order valence-corrected chi connectivity index (χ3v) is 11.4. The fraction of sp³-hybridized carbons (Fsp3) is 0.548. The van der Waals surface area contributed by atoms with Crippen LogP contribution < -0.4 is 10.1 Å². The Morgan fingerprint density at radius 2 is 1.57 bits per heavy atom. The normalized spacial score (nSPS) is 31.1. The second kappa shape index (κ2) is 17.7. The summed E-state index contributed by atoms with van der Waals surface area (Å²) in [5.41, 5.74) is 0.117. The van der Waals surface area contributed by atoms with E-state index < -0.39 is 88.8 Å². The quantitative estimate of drug-likeness (QED) is 0.120. The van der Waals surface area contributed by atoms with Gasteiger partial charge in [-0.05, 0) is 33.0 Å². The van der Waals surface area contributed by atoms with Crippen molar-refractivity contribution in [3.8, 4) is 23.0 Å². The van der Waals surface area contributed by atoms with Gasteiger partial charge in [0.25, 0.3) is 11.7 Å². The van der Waals surface area contributed by atoms with Crippen molar-refractivity contribution >= 4 is 34.1 Å². The van der Waals surface area contributed by atoms with Crippen molar-refractivity contribution in [1.29, 1.82) is 0 Å². The molecule has 0 radical (unpaired) electrons. The molecule has 14 nitrogen and oxygen atoms in total. The zero-order valence-electron chi connectivity index (χ0n) is 34.2. The largest absolute Gasteiger partial charge is 0.507 e. The Labute approximate surface area is 328 Å². The standard InChI is InChI=1S/C42H58N2O12/c1-12-44(13-2)19-27-32-37(50)30-29(36(27)49)31-39(25(8)35(30)48)56-42(10,40(31)51)54-18-17-28(53-11)22(5)38(55-26(9)45)24(7)34(47)23(6)33(46)20(3)15-14-16-21(4)41(52)43-32/h14-18,20,22-24,28,33-34,38,46-50H,12-13,19H2,1-11H3,(H,43,52)/b15-14+,18-17+,21-16-. The number of aromatic hydroxyl groups is 3. The number of esters is 1. The van der Waals surface area contributed by atoms with E-state index in [0.717, 1.165) is 0 Å². The Kier molecular flexibility index (Phi) is 13.9. The third kappa shape index (κ3) is 8.38. The van der Waals surface area contributed by atoms with Crippen molar-refractivity contribution in [2.24, 2.45) is 23.7 Å². The minimum absolute atomic E-state index is 0.0541. The van der Waals surface area contributed by atoms with Gasteiger partial charge >= 0.3 is 11.8 Å². The van der Waals surface area contributed by atoms with E-state index in [0.29, 0.717) is 13.1 Å². The van der Waals surface area contributed by atoms with Gasteiger partial charge in [-0.3, -0.25) is 19.3 Å². The molecule has 0 spiro atoms. The van der Waals surface area contributed by atoms with Crippen molar-refractivity contribution in [2.75, 3.05) is 25.5 Å². The average molecular weight is 783 g/mol. The summed E-state index contributed by atoms with van der Waals surface area (Å²) >= 11 is 0. The van der Waals surface area contributed by atoms with E-state index in [1.54, 1.807) is 46.8 Å². The zero-order valence-corrected chi connectivity index (χ0v) is 34.2. The van der Waals surface area contributed by atoms with Gasteiger partial charge in [0, 0.05) is 73.3 Å². The summed E-state index contributed by atoms with van der Waals surface area (Å²) in [6, 6.07) is 0. The van der Waals surface area contributed by atoms with Crippen LogP contribution in [0.25, 0.3) is 10.8 Å². The second-order valence-corrected chi connectivity index (χ2v) is 15.1. The first-order valence-electron chi connectivity index (χ1n) is 19.0. The van der Waals surface area contributed by atoms with Gasteiger partial charge in [0.1, 0.15) is 23.4 Å². The maximum atomic E-state index is 14.4. The smallest absolute Gasteiger partial charge is 0.312 e. The lowest BCUT2D eigenvalue weighted by Crippen LogP contribution is -2.46. The highest BCUT2D eigenvalue weighted by molar-refractivity contribution is 6.22. The summed E-state index contributed by atoms with van der Waals surface area (Å²) in [5, 5.41) is 60.5. The SMILES string of the molecule is CCN(CC)Cc1c2c(O)c3c(O)c(C)c4c(c3c1O)C(=O)C(C)(O/C=C/C(OC)C(C)C(OC(C)=O)C(C)C(O)C(C)C(O)C(C)/C=C/C=C(/C)C(=O)N2)O4. The van der Waals surface area contributed by atoms with E-state index in [2.05, 4.69) is 5.32 Å². The molecule has 3 aliphatic rings. The Balaban J connectivity index is 1.98. The lowest BCUT2D eigenvalue weighted by Gasteiger charge is -2.38. The fourth-order valence-corrected chi connectivity index (χ4v) is 7.61. The fourth-order valence-electron chi connectivity index (χ4n) is 7.61. The first kappa shape index (κ1) is 44.1. The molecule has 56 heavy (non-hydrogen) atoms. The molecule has 0 fully saturated rings. The number of nitrogens with one attached hydrogen (secondary N) is 1. The van der Waals surface area contributed by atoms with Crippen LogP contribution in [-0.4, -0.2) is 98.5 Å². The first-order chi connectivity index (χ1) is 26.3. The molecule has 5 bridgehead atoms. The maximum absolute atomic E-state index is 14.4. The number of ether oxygens (including phenoxy) is 4. The van der Waals surface area contributed by atoms with Crippen molar-refractivity contribution in [2.45, 2.75) is 106 Å². The molecule has 9 unspecified atom stereocenters. The molecule has 3 heterocycles. The summed E-state index contributed by atoms with van der Waals surface area (Å²) in [7, 11) is 1.44. The summed E-state index contributed by atoms with van der Waals surface area (Å²) in [6.45, 7) is 17.6. The van der Waals surface area contributed by atoms with Crippen LogP contribution in [0, 0.1) is 30.6 Å². The molecule has 9 atom stereocenters. The number of carbonyl (C=O) groups excluding carboxylic acids is 3. The highest BCUT2D eigenvalue weighted by atomic mass is 16.7. The highest BCUT2D eigenvalue weighted by Gasteiger charge is 2.50. The molecule has 0 saturated heterocycles. The lowest BCUT2D eigenvalue weighted by atomic mass is 9.78. The number of aliphatic hydroxyl groups excluding tert-OH is 2. The van der Waals surface area contributed by atoms with Crippen molar-refractivity contribution < 1.29 is 58.9 Å². The molecule has 2 aromatic carbocycles. The number of ketones is 1. The van der Waals surface area contributed by atoms with E-state index in [4.69, 9.17) is 18.9 Å². The zero-order chi connectivity index (χ0) is 42.0. The lowest BCUT2D eigenvalue weighted by molar-refractivity contribution is -0.160. The first-order valence-corrected chi connectivity index (χ1v) is 19.0. The molecule has 308 valence electrons. The van der Waals surface area contributed by atoms with Gasteiger partial charge in [-0.1, -0.05) is 59.8 Å². The number of carbonyl (C=O) groups is 3. The van der Waals surface area contributed by atoms with Gasteiger partial charge < -0.3 is 49.8 Å². The maximum Gasteiger partial charge on any atom is 0.312 e. The minimum atomic E-state index is -2.01. The predicted molar refractivity (Wildman–Crippen MR) is 210 cm³/mol. The molecular formula is C42H58N2O12. The number of hydrogen-bond acceptors (Lipinski definition) is 13. The minimum Gasteiger partial charge on any atom is -0.507 e. The molecule has 3 aliphatic heterocycles. The number of rotatable bonds is 6. The summed E-state index contributed by atoms with van der Waals surface area (Å²) < 4.78 is 23.6. The van der Waals surface area contributed by atoms with Crippen LogP contribution in [0.2, 0.25) is 0 Å². The van der Waals surface area contributed by atoms with Gasteiger partial charge in [-0.2, -0.15) is 0 Å². The van der Waals surface area contributed by atoms with Crippen LogP contribution in [0.4, 0.5) is 5.69 Å². The van der Waals surface area contributed by atoms with Crippen LogP contribution in [-0.2, 0) is 30.3 Å². The number of hydrogen-bond donors (Lipinski definition) is 6. The Morgan fingerprint density at radius 1 is 0.929 bits per heavy atom. The van der Waals surface area contributed by atoms with E-state index in [9.17, 15) is 39.9 Å². The third-order valence-electron chi connectivity index (χ3n) is 11.4. The molecule has 1 amide bonds. The van der Waals surface area contributed by atoms with Crippen LogP contribution in [0.1, 0.15) is 83.8 Å². The summed E-state index contributed by atoms with van der Waals surface area (Å²) in [6.07, 6.45) is 3.69. The number of anilines is 1. The molecule has 2 aromatic rings. The summed E-state index contributed by atoms with van der Waals surface area (Å²) in [5.74, 6) is -7.91. The number of aliphatic hydroxyl groups is 2. The highest BCUT2D eigenvalue weighted by Crippen LogP contribution is 2.55. The number of fused-ring (bicyclic) bond motifs is 14. The van der Waals surface area contributed by atoms with Gasteiger partial charge in [0.2, 0.25) is 0 Å². The number of benzene rings is 2. The van der Waals surface area contributed by atoms with Crippen LogP contribution in [0.3, 0.4) is 0 Å². The van der Waals surface area contributed by atoms with Crippen molar-refractivity contribution in [3.63, 3.8) is 0 Å². The monoisotopic (exact) mass is 782 g/mol. The molecular weight excluding hydrogens is 724 g/mol. The van der Waals surface area contributed by atoms with Crippen LogP contribution in [0.5, 0.6) is 23.0 Å². The van der Waals surface area contributed by atoms with Gasteiger partial charge in [-0.25, -0.2) is 0 Å². The van der Waals surface area contributed by atoms with E-state index in [1.165, 1.54) is 46.3 Å². The molecule has 6 N–H and O–H groups in total. The van der Waals surface area contributed by atoms with Gasteiger partial charge in [0.05, 0.1) is 41.2 Å². The van der Waals surface area contributed by atoms with Crippen LogP contribution >= 0.6 is 0 Å². The number of methoxy groups -OCH3 is 1. The number of phenolic OH excluding ortho intramolecular Hbond substituents is 3. The molecule has 0 saturated carbocycles. The van der Waals surface area contributed by atoms with E-state index >= 15 is 0 Å². The Bertz CT molecular complexity index is 1920. The Morgan fingerprint density at radius 3 is 2.16 bits per heavy atom. The molecule has 14 heteroatoms. The predicted octanol–water partition coefficient (Wildman–Crippen LogP) is 5.60. The average Bonchev–Trinajstić information content (AvgIpc) is 3.43. The van der Waals surface area contributed by atoms with Crippen LogP contribution in [0.15, 0.2) is 36.1 Å². The van der Waals surface area contributed by atoms with E-state index in [1.807, 2.05) is 18.7 Å². The Hall–Kier alpha value is -4.63. The van der Waals surface area contributed by atoms with Crippen molar-refractivity contribution in [1.82, 2.24) is 4.90 Å². The molecule has 0 aliphatic carbocycles. The second-order valence-electron chi connectivity index (χ2n) is 15.1. The number of allylic oxidation sites excluding steroid dienone is 2. The molecule has 0 aromatic heterocycles. The van der Waals surface area contributed by atoms with Gasteiger partial charge in [0.15, 0.2) is 5.75 Å². The summed E-state index contributed by atoms with van der Waals surface area (Å²) in [4.78, 5) is 42.3. The number of amides is 1. The topological polar surface area (TPSA) is 205 Å². The number of nitrogens with zero attached hydrogens (tertiary/aromatic N) is 1. The molecule has 5 rings (SSSR count). The van der Waals surface area contributed by atoms with E-state index in [-0.39, 0.29) is 51.0 Å². The van der Waals surface area contributed by atoms with Crippen molar-refractivity contribution in [3.05, 3.63) is 52.8 Å². The number of phenols is 3.